The fourth-order valence-corrected chi connectivity index (χ4v) is 3.41. The molecule has 3 rings (SSSR count). The van der Waals surface area contributed by atoms with Gasteiger partial charge in [-0.25, -0.2) is 4.79 Å². The van der Waals surface area contributed by atoms with Gasteiger partial charge in [0, 0.05) is 51.0 Å². The van der Waals surface area contributed by atoms with E-state index in [1.54, 1.807) is 0 Å². The zero-order valence-corrected chi connectivity index (χ0v) is 12.3. The minimum absolute atomic E-state index is 0.554. The summed E-state index contributed by atoms with van der Waals surface area (Å²) in [6.45, 7) is 5.63. The van der Waals surface area contributed by atoms with E-state index >= 15 is 0 Å². The molecule has 2 heterocycles. The average Bonchev–Trinajstić information content (AvgIpc) is 2.56. The monoisotopic (exact) mass is 289 g/mol. The first kappa shape index (κ1) is 14.2. The molecule has 114 valence electrons. The van der Waals surface area contributed by atoms with E-state index in [0.29, 0.717) is 19.1 Å². The molecule has 0 unspecified atom stereocenters. The SMILES string of the molecule is O=C(O)N1CCC(N2CCN(c3ccccc3)CC2)CC1. The van der Waals surface area contributed by atoms with Crippen LogP contribution in [0.5, 0.6) is 0 Å². The number of nitrogens with zero attached hydrogens (tertiary/aromatic N) is 3. The lowest BCUT2D eigenvalue weighted by Crippen LogP contribution is -2.53. The molecule has 1 aromatic rings. The molecule has 5 nitrogen and oxygen atoms in total. The molecule has 2 aliphatic heterocycles. The second kappa shape index (κ2) is 6.35. The maximum Gasteiger partial charge on any atom is 0.407 e. The van der Waals surface area contributed by atoms with Crippen molar-refractivity contribution in [1.29, 1.82) is 0 Å². The largest absolute Gasteiger partial charge is 0.465 e. The maximum absolute atomic E-state index is 10.9. The van der Waals surface area contributed by atoms with Crippen molar-refractivity contribution in [2.45, 2.75) is 18.9 Å². The summed E-state index contributed by atoms with van der Waals surface area (Å²) in [5.74, 6) is 0. The zero-order valence-electron chi connectivity index (χ0n) is 12.3. The van der Waals surface area contributed by atoms with Gasteiger partial charge in [0.15, 0.2) is 0 Å². The van der Waals surface area contributed by atoms with E-state index in [1.807, 2.05) is 0 Å². The van der Waals surface area contributed by atoms with Gasteiger partial charge in [-0.3, -0.25) is 4.90 Å². The molecule has 0 saturated carbocycles. The zero-order chi connectivity index (χ0) is 14.7. The number of rotatable bonds is 2. The van der Waals surface area contributed by atoms with E-state index in [9.17, 15) is 4.79 Å². The van der Waals surface area contributed by atoms with Crippen LogP contribution in [0.1, 0.15) is 12.8 Å². The first-order valence-electron chi connectivity index (χ1n) is 7.76. The highest BCUT2D eigenvalue weighted by Gasteiger charge is 2.28. The number of anilines is 1. The number of para-hydroxylation sites is 1. The van der Waals surface area contributed by atoms with E-state index < -0.39 is 6.09 Å². The predicted octanol–water partition coefficient (Wildman–Crippen LogP) is 1.95. The van der Waals surface area contributed by atoms with Gasteiger partial charge in [0.25, 0.3) is 0 Å². The van der Waals surface area contributed by atoms with E-state index in [-0.39, 0.29) is 0 Å². The van der Waals surface area contributed by atoms with Crippen molar-refractivity contribution in [3.63, 3.8) is 0 Å². The number of piperidine rings is 1. The van der Waals surface area contributed by atoms with Gasteiger partial charge in [-0.05, 0) is 25.0 Å². The number of hydrogen-bond acceptors (Lipinski definition) is 3. The van der Waals surface area contributed by atoms with Crippen molar-refractivity contribution in [3.05, 3.63) is 30.3 Å². The van der Waals surface area contributed by atoms with Crippen LogP contribution in [-0.4, -0.2) is 66.3 Å². The lowest BCUT2D eigenvalue weighted by atomic mass is 10.0. The van der Waals surface area contributed by atoms with Crippen LogP contribution in [0.25, 0.3) is 0 Å². The van der Waals surface area contributed by atoms with Gasteiger partial charge >= 0.3 is 6.09 Å². The highest BCUT2D eigenvalue weighted by atomic mass is 16.4. The predicted molar refractivity (Wildman–Crippen MR) is 82.8 cm³/mol. The molecule has 0 aliphatic carbocycles. The van der Waals surface area contributed by atoms with Crippen LogP contribution < -0.4 is 4.90 Å². The number of hydrogen-bond donors (Lipinski definition) is 1. The quantitative estimate of drug-likeness (QED) is 0.904. The fourth-order valence-electron chi connectivity index (χ4n) is 3.41. The van der Waals surface area contributed by atoms with Gasteiger partial charge in [-0.2, -0.15) is 0 Å². The lowest BCUT2D eigenvalue weighted by molar-refractivity contribution is 0.0919. The number of carboxylic acid groups (broad SMARTS) is 1. The number of likely N-dealkylation sites (tertiary alicyclic amines) is 1. The summed E-state index contributed by atoms with van der Waals surface area (Å²) in [6.07, 6.45) is 1.16. The fraction of sp³-hybridized carbons (Fsp3) is 0.562. The normalized spacial score (nSPS) is 21.5. The second-order valence-electron chi connectivity index (χ2n) is 5.86. The lowest BCUT2D eigenvalue weighted by Gasteiger charge is -2.43. The summed E-state index contributed by atoms with van der Waals surface area (Å²) in [4.78, 5) is 17.5. The Morgan fingerprint density at radius 2 is 1.57 bits per heavy atom. The van der Waals surface area contributed by atoms with E-state index in [4.69, 9.17) is 5.11 Å². The Kier molecular flexibility index (Phi) is 4.29. The van der Waals surface area contributed by atoms with Crippen LogP contribution in [-0.2, 0) is 0 Å². The molecular weight excluding hydrogens is 266 g/mol. The van der Waals surface area contributed by atoms with Gasteiger partial charge in [-0.15, -0.1) is 0 Å². The molecule has 0 bridgehead atoms. The third-order valence-electron chi connectivity index (χ3n) is 4.69. The first-order chi connectivity index (χ1) is 10.2. The molecule has 1 N–H and O–H groups in total. The minimum atomic E-state index is -0.776. The van der Waals surface area contributed by atoms with Crippen LogP contribution in [0.3, 0.4) is 0 Å². The molecule has 5 heteroatoms. The van der Waals surface area contributed by atoms with Crippen molar-refractivity contribution in [3.8, 4) is 0 Å². The molecule has 0 atom stereocenters. The van der Waals surface area contributed by atoms with Crippen molar-refractivity contribution < 1.29 is 9.90 Å². The van der Waals surface area contributed by atoms with E-state index in [0.717, 1.165) is 39.0 Å². The van der Waals surface area contributed by atoms with E-state index in [1.165, 1.54) is 10.6 Å². The third-order valence-corrected chi connectivity index (χ3v) is 4.69. The maximum atomic E-state index is 10.9. The highest BCUT2D eigenvalue weighted by Crippen LogP contribution is 2.21. The van der Waals surface area contributed by atoms with Crippen LogP contribution >= 0.6 is 0 Å². The van der Waals surface area contributed by atoms with Crippen molar-refractivity contribution in [2.75, 3.05) is 44.2 Å². The Bertz CT molecular complexity index is 464. The minimum Gasteiger partial charge on any atom is -0.465 e. The summed E-state index contributed by atoms with van der Waals surface area (Å²) in [5.41, 5.74) is 1.30. The molecule has 21 heavy (non-hydrogen) atoms. The number of carbonyl (C=O) groups is 1. The smallest absolute Gasteiger partial charge is 0.407 e. The summed E-state index contributed by atoms with van der Waals surface area (Å²) < 4.78 is 0. The summed E-state index contributed by atoms with van der Waals surface area (Å²) in [5, 5.41) is 9.00. The molecule has 2 aliphatic rings. The molecule has 0 spiro atoms. The molecule has 0 aromatic heterocycles. The Labute approximate surface area is 125 Å². The van der Waals surface area contributed by atoms with Crippen LogP contribution in [0.4, 0.5) is 10.5 Å². The van der Waals surface area contributed by atoms with Gasteiger partial charge in [-0.1, -0.05) is 18.2 Å². The average molecular weight is 289 g/mol. The molecular formula is C16H23N3O2. The first-order valence-corrected chi connectivity index (χ1v) is 7.76. The Morgan fingerprint density at radius 1 is 0.952 bits per heavy atom. The van der Waals surface area contributed by atoms with Crippen molar-refractivity contribution in [2.24, 2.45) is 0 Å². The summed E-state index contributed by atoms with van der Waals surface area (Å²) in [6, 6.07) is 11.1. The van der Waals surface area contributed by atoms with Gasteiger partial charge in [0.1, 0.15) is 0 Å². The second-order valence-corrected chi connectivity index (χ2v) is 5.86. The topological polar surface area (TPSA) is 47.0 Å². The van der Waals surface area contributed by atoms with Gasteiger partial charge < -0.3 is 14.9 Å². The Balaban J connectivity index is 1.49. The van der Waals surface area contributed by atoms with Gasteiger partial charge in [0.2, 0.25) is 0 Å². The third kappa shape index (κ3) is 3.29. The number of piperazine rings is 1. The number of amides is 1. The molecule has 0 radical (unpaired) electrons. The molecule has 2 saturated heterocycles. The van der Waals surface area contributed by atoms with Crippen LogP contribution in [0.15, 0.2) is 30.3 Å². The molecule has 2 fully saturated rings. The highest BCUT2D eigenvalue weighted by molar-refractivity contribution is 5.65. The Hall–Kier alpha value is -1.75. The summed E-state index contributed by atoms with van der Waals surface area (Å²) >= 11 is 0. The van der Waals surface area contributed by atoms with Crippen molar-refractivity contribution in [1.82, 2.24) is 9.80 Å². The summed E-state index contributed by atoms with van der Waals surface area (Å²) in [7, 11) is 0. The van der Waals surface area contributed by atoms with Crippen LogP contribution in [0, 0.1) is 0 Å². The van der Waals surface area contributed by atoms with E-state index in [2.05, 4.69) is 40.1 Å². The molecule has 1 aromatic carbocycles. The van der Waals surface area contributed by atoms with Gasteiger partial charge in [0.05, 0.1) is 0 Å². The van der Waals surface area contributed by atoms with Crippen molar-refractivity contribution >= 4 is 11.8 Å². The van der Waals surface area contributed by atoms with Crippen LogP contribution in [0.2, 0.25) is 0 Å². The standard InChI is InChI=1S/C16H23N3O2/c20-16(21)19-8-6-15(7-9-19)18-12-10-17(11-13-18)14-4-2-1-3-5-14/h1-5,15H,6-13H2,(H,20,21). The number of benzene rings is 1. The Morgan fingerprint density at radius 3 is 2.14 bits per heavy atom. The molecule has 1 amide bonds.